The largest absolute Gasteiger partial charge is 0.462 e. The molecule has 0 aliphatic carbocycles. The van der Waals surface area contributed by atoms with Crippen molar-refractivity contribution in [2.75, 3.05) is 13.2 Å². The lowest BCUT2D eigenvalue weighted by Crippen LogP contribution is -2.30. The molecule has 0 bridgehead atoms. The van der Waals surface area contributed by atoms with Crippen LogP contribution >= 0.6 is 0 Å². The van der Waals surface area contributed by atoms with Gasteiger partial charge in [-0.2, -0.15) is 0 Å². The fourth-order valence-electron chi connectivity index (χ4n) is 6.13. The lowest BCUT2D eigenvalue weighted by Gasteiger charge is -2.18. The highest BCUT2D eigenvalue weighted by Crippen LogP contribution is 2.12. The van der Waals surface area contributed by atoms with Gasteiger partial charge in [-0.05, 0) is 77.0 Å². The van der Waals surface area contributed by atoms with Crippen molar-refractivity contribution in [2.45, 2.75) is 187 Å². The van der Waals surface area contributed by atoms with Crippen LogP contribution in [0.3, 0.4) is 0 Å². The summed E-state index contributed by atoms with van der Waals surface area (Å²) in [6.45, 7) is 6.20. The molecule has 0 saturated carbocycles. The Morgan fingerprint density at radius 2 is 0.625 bits per heavy atom. The molecular formula is C58H88O6. The first-order valence-electron chi connectivity index (χ1n) is 25.0. The van der Waals surface area contributed by atoms with Gasteiger partial charge in [0.05, 0.1) is 0 Å². The van der Waals surface area contributed by atoms with Crippen LogP contribution in [0.5, 0.6) is 0 Å². The predicted octanol–water partition coefficient (Wildman–Crippen LogP) is 16.5. The zero-order valence-corrected chi connectivity index (χ0v) is 40.5. The van der Waals surface area contributed by atoms with Gasteiger partial charge in [-0.25, -0.2) is 0 Å². The summed E-state index contributed by atoms with van der Waals surface area (Å²) in [5, 5.41) is 0. The summed E-state index contributed by atoms with van der Waals surface area (Å²) in [6, 6.07) is 0. The fourth-order valence-corrected chi connectivity index (χ4v) is 6.13. The van der Waals surface area contributed by atoms with Gasteiger partial charge in [0.15, 0.2) is 6.10 Å². The van der Waals surface area contributed by atoms with Gasteiger partial charge >= 0.3 is 17.9 Å². The molecule has 6 nitrogen and oxygen atoms in total. The first-order valence-corrected chi connectivity index (χ1v) is 25.0. The molecule has 0 spiro atoms. The zero-order valence-electron chi connectivity index (χ0n) is 40.5. The topological polar surface area (TPSA) is 78.9 Å². The van der Waals surface area contributed by atoms with Gasteiger partial charge in [0.2, 0.25) is 0 Å². The van der Waals surface area contributed by atoms with Crippen LogP contribution < -0.4 is 0 Å². The van der Waals surface area contributed by atoms with Crippen molar-refractivity contribution >= 4 is 17.9 Å². The maximum absolute atomic E-state index is 12.8. The van der Waals surface area contributed by atoms with Crippen molar-refractivity contribution in [3.63, 3.8) is 0 Å². The molecule has 0 aliphatic heterocycles. The number of hydrogen-bond acceptors (Lipinski definition) is 6. The number of carbonyl (C=O) groups excluding carboxylic acids is 3. The molecule has 1 atom stereocenters. The molecule has 0 aliphatic rings. The van der Waals surface area contributed by atoms with Gasteiger partial charge in [0.1, 0.15) is 13.2 Å². The second-order valence-corrected chi connectivity index (χ2v) is 15.9. The Labute approximate surface area is 391 Å². The van der Waals surface area contributed by atoms with Crippen molar-refractivity contribution in [3.05, 3.63) is 146 Å². The van der Waals surface area contributed by atoms with E-state index in [1.165, 1.54) is 32.1 Å². The van der Waals surface area contributed by atoms with Crippen molar-refractivity contribution < 1.29 is 28.6 Å². The maximum Gasteiger partial charge on any atom is 0.306 e. The zero-order chi connectivity index (χ0) is 46.5. The Hall–Kier alpha value is -4.71. The van der Waals surface area contributed by atoms with E-state index >= 15 is 0 Å². The number of hydrogen-bond donors (Lipinski definition) is 0. The summed E-state index contributed by atoms with van der Waals surface area (Å²) in [7, 11) is 0. The van der Waals surface area contributed by atoms with E-state index < -0.39 is 6.10 Å². The van der Waals surface area contributed by atoms with Gasteiger partial charge in [0, 0.05) is 19.3 Å². The van der Waals surface area contributed by atoms with Gasteiger partial charge in [0.25, 0.3) is 0 Å². The fraction of sp³-hybridized carbons (Fsp3) is 0.534. The van der Waals surface area contributed by atoms with Crippen LogP contribution in [0.2, 0.25) is 0 Å². The Bertz CT molecular complexity index is 1480. The molecular weight excluding hydrogens is 793 g/mol. The van der Waals surface area contributed by atoms with Gasteiger partial charge in [-0.3, -0.25) is 14.4 Å². The average Bonchev–Trinajstić information content (AvgIpc) is 3.29. The molecule has 356 valence electrons. The summed E-state index contributed by atoms with van der Waals surface area (Å²) in [5.74, 6) is -1.06. The van der Waals surface area contributed by atoms with Crippen molar-refractivity contribution in [1.29, 1.82) is 0 Å². The van der Waals surface area contributed by atoms with Crippen LogP contribution in [-0.4, -0.2) is 37.2 Å². The first-order chi connectivity index (χ1) is 31.5. The molecule has 6 heteroatoms. The molecule has 0 aromatic carbocycles. The Balaban J connectivity index is 4.59. The molecule has 0 N–H and O–H groups in total. The molecule has 0 aromatic rings. The predicted molar refractivity (Wildman–Crippen MR) is 274 cm³/mol. The number of ether oxygens (including phenoxy) is 3. The van der Waals surface area contributed by atoms with Crippen LogP contribution in [0.15, 0.2) is 146 Å². The van der Waals surface area contributed by atoms with E-state index in [0.29, 0.717) is 12.8 Å². The minimum atomic E-state index is -0.834. The maximum atomic E-state index is 12.8. The van der Waals surface area contributed by atoms with Crippen LogP contribution in [0, 0.1) is 0 Å². The lowest BCUT2D eigenvalue weighted by atomic mass is 10.1. The Morgan fingerprint density at radius 1 is 0.328 bits per heavy atom. The minimum Gasteiger partial charge on any atom is -0.462 e. The van der Waals surface area contributed by atoms with E-state index in [2.05, 4.69) is 87.6 Å². The number of esters is 3. The second-order valence-electron chi connectivity index (χ2n) is 15.9. The third-order valence-electron chi connectivity index (χ3n) is 9.84. The van der Waals surface area contributed by atoms with E-state index in [9.17, 15) is 14.4 Å². The monoisotopic (exact) mass is 881 g/mol. The summed E-state index contributed by atoms with van der Waals surface area (Å²) < 4.78 is 16.7. The van der Waals surface area contributed by atoms with Gasteiger partial charge < -0.3 is 14.2 Å². The van der Waals surface area contributed by atoms with E-state index in [0.717, 1.165) is 103 Å². The Kier molecular flexibility index (Phi) is 47.2. The lowest BCUT2D eigenvalue weighted by molar-refractivity contribution is -0.167. The molecule has 0 heterocycles. The quantitative estimate of drug-likeness (QED) is 0.0263. The molecule has 0 aromatic heterocycles. The molecule has 0 fully saturated rings. The van der Waals surface area contributed by atoms with E-state index in [1.807, 2.05) is 79.0 Å². The minimum absolute atomic E-state index is 0.128. The number of unbranched alkanes of at least 4 members (excludes halogenated alkanes) is 16. The number of carbonyl (C=O) groups is 3. The van der Waals surface area contributed by atoms with Crippen LogP contribution in [-0.2, 0) is 28.6 Å². The second kappa shape index (κ2) is 50.9. The average molecular weight is 881 g/mol. The molecule has 64 heavy (non-hydrogen) atoms. The van der Waals surface area contributed by atoms with Crippen LogP contribution in [0.4, 0.5) is 0 Å². The number of rotatable bonds is 42. The van der Waals surface area contributed by atoms with Gasteiger partial charge in [-0.15, -0.1) is 0 Å². The molecule has 0 saturated heterocycles. The molecule has 1 unspecified atom stereocenters. The van der Waals surface area contributed by atoms with Crippen molar-refractivity contribution in [1.82, 2.24) is 0 Å². The third kappa shape index (κ3) is 48.3. The highest BCUT2D eigenvalue weighted by Gasteiger charge is 2.19. The van der Waals surface area contributed by atoms with E-state index in [-0.39, 0.29) is 44.0 Å². The number of allylic oxidation sites excluding steroid dienone is 24. The third-order valence-corrected chi connectivity index (χ3v) is 9.84. The summed E-state index contributed by atoms with van der Waals surface area (Å²) in [4.78, 5) is 37.9. The normalized spacial score (nSPS) is 13.4. The summed E-state index contributed by atoms with van der Waals surface area (Å²) >= 11 is 0. The highest BCUT2D eigenvalue weighted by molar-refractivity contribution is 5.71. The SMILES string of the molecule is CC/C=C/C=C/C=C/C=C/C=C/CCCC(=O)OCC(COC(=O)CCCCCCC/C=C/C=C/C=C/CCCCCCC)OC(=O)CCCCCCC/C=C/C=C/C=C/C=C/CC. The Morgan fingerprint density at radius 3 is 1.02 bits per heavy atom. The van der Waals surface area contributed by atoms with Crippen LogP contribution in [0.1, 0.15) is 181 Å². The van der Waals surface area contributed by atoms with E-state index in [4.69, 9.17) is 14.2 Å². The highest BCUT2D eigenvalue weighted by atomic mass is 16.6. The van der Waals surface area contributed by atoms with Gasteiger partial charge in [-0.1, -0.05) is 231 Å². The summed E-state index contributed by atoms with van der Waals surface area (Å²) in [6.07, 6.45) is 72.6. The molecule has 0 rings (SSSR count). The first kappa shape index (κ1) is 59.3. The molecule has 0 radical (unpaired) electrons. The smallest absolute Gasteiger partial charge is 0.306 e. The van der Waals surface area contributed by atoms with Crippen LogP contribution in [0.25, 0.3) is 0 Å². The summed E-state index contributed by atoms with van der Waals surface area (Å²) in [5.41, 5.74) is 0. The molecule has 0 amide bonds. The van der Waals surface area contributed by atoms with Crippen molar-refractivity contribution in [2.24, 2.45) is 0 Å². The van der Waals surface area contributed by atoms with E-state index in [1.54, 1.807) is 0 Å². The standard InChI is InChI=1S/C58H88O6/c1-4-7-10-13-16-19-22-25-27-28-29-31-33-36-39-42-45-48-51-57(60)63-54-55(53-62-56(59)50-47-44-41-38-35-32-24-21-18-15-12-9-6-3)64-58(61)52-49-46-43-40-37-34-30-26-23-20-17-14-11-8-5-2/h8-9,11-12,14-15,17-18,20-32,35,38,41,55H,4-7,10,13,16,19,33-34,36-37,39-40,42-54H2,1-3H3/b11-8+,12-9+,17-14+,18-15+,23-20+,24-21+,25-22+,28-27+,30-26+,31-29+,35-32+,41-38+. The van der Waals surface area contributed by atoms with Crippen molar-refractivity contribution in [3.8, 4) is 0 Å².